The Hall–Kier alpha value is -2.51. The number of unbranched alkanes of at least 4 members (excludes halogenated alkanes) is 14. The van der Waals surface area contributed by atoms with Crippen LogP contribution in [0.25, 0.3) is 16.3 Å². The van der Waals surface area contributed by atoms with E-state index in [0.29, 0.717) is 32.8 Å². The van der Waals surface area contributed by atoms with E-state index in [-0.39, 0.29) is 11.5 Å². The van der Waals surface area contributed by atoms with Crippen LogP contribution in [-0.2, 0) is 11.3 Å². The first-order valence-corrected chi connectivity index (χ1v) is 21.3. The van der Waals surface area contributed by atoms with Gasteiger partial charge >= 0.3 is 0 Å². The van der Waals surface area contributed by atoms with Crippen LogP contribution < -0.4 is 14.4 Å². The Morgan fingerprint density at radius 1 is 0.725 bits per heavy atom. The van der Waals surface area contributed by atoms with Gasteiger partial charge in [-0.05, 0) is 50.1 Å². The number of aromatic nitrogens is 1. The molecule has 0 saturated heterocycles. The molecular weight excluding hydrogens is 717 g/mol. The van der Waals surface area contributed by atoms with Crippen LogP contribution in [0.4, 0.5) is 11.4 Å². The van der Waals surface area contributed by atoms with Gasteiger partial charge in [-0.15, -0.1) is 0 Å². The molecule has 5 nitrogen and oxygen atoms in total. The summed E-state index contributed by atoms with van der Waals surface area (Å²) in [6, 6.07) is 9.79. The summed E-state index contributed by atoms with van der Waals surface area (Å²) in [6.45, 7) is 8.89. The smallest absolute Gasteiger partial charge is 0.263 e. The van der Waals surface area contributed by atoms with Crippen LogP contribution in [0.15, 0.2) is 59.1 Å². The van der Waals surface area contributed by atoms with Gasteiger partial charge in [0.2, 0.25) is 11.3 Å². The molecule has 0 fully saturated rings. The quantitative estimate of drug-likeness (QED) is 0.0666. The molecule has 51 heavy (non-hydrogen) atoms. The summed E-state index contributed by atoms with van der Waals surface area (Å²) in [6.07, 6.45) is 23.5. The number of hydrogen-bond donors (Lipinski definition) is 1. The number of aliphatic hydroxyl groups is 1. The minimum absolute atomic E-state index is 0.0386. The molecule has 0 unspecified atom stereocenters. The van der Waals surface area contributed by atoms with Gasteiger partial charge in [0.15, 0.2) is 6.54 Å². The molecule has 5 rings (SSSR count). The van der Waals surface area contributed by atoms with Crippen molar-refractivity contribution in [1.82, 2.24) is 0 Å². The lowest BCUT2D eigenvalue weighted by Crippen LogP contribution is -2.35. The molecule has 0 atom stereocenters. The first-order valence-electron chi connectivity index (χ1n) is 19.4. The molecule has 1 N–H and O–H groups in total. The lowest BCUT2D eigenvalue weighted by Gasteiger charge is -2.27. The van der Waals surface area contributed by atoms with E-state index >= 15 is 0 Å². The standard InChI is InChI=1S/C42H54Cl3N3O2S/c1-4-7-9-11-13-15-17-19-23-47-36-29-34(45)33(44)28-35(36)46(6-3)39(47)26-31-41(49)32(42(31)50)27-40-48(24-20-18-16-14-12-10-8-5-2)37-25-30(43)21-22-38(37)51-40/h21-22,25-29H,4-20,23-24H2,1-3H3/p+1. The van der Waals surface area contributed by atoms with Gasteiger partial charge in [0.25, 0.3) is 5.01 Å². The summed E-state index contributed by atoms with van der Waals surface area (Å²) in [7, 11) is 0. The van der Waals surface area contributed by atoms with E-state index in [9.17, 15) is 9.90 Å². The summed E-state index contributed by atoms with van der Waals surface area (Å²) in [5.74, 6) is 0.755. The second-order valence-electron chi connectivity index (χ2n) is 14.0. The molecule has 0 amide bonds. The Morgan fingerprint density at radius 2 is 1.29 bits per heavy atom. The molecule has 2 aliphatic rings. The molecule has 0 spiro atoms. The fourth-order valence-corrected chi connectivity index (χ4v) is 8.85. The van der Waals surface area contributed by atoms with Crippen molar-refractivity contribution >= 4 is 79.6 Å². The number of thiazole rings is 1. The highest BCUT2D eigenvalue weighted by molar-refractivity contribution is 7.18. The summed E-state index contributed by atoms with van der Waals surface area (Å²) >= 11 is 21.1. The monoisotopic (exact) mass is 770 g/mol. The van der Waals surface area contributed by atoms with Gasteiger partial charge in [-0.3, -0.25) is 4.79 Å². The number of carbonyl (C=O) groups is 1. The average molecular weight is 772 g/mol. The first kappa shape index (κ1) is 39.7. The van der Waals surface area contributed by atoms with Gasteiger partial charge in [-0.1, -0.05) is 143 Å². The third-order valence-electron chi connectivity index (χ3n) is 10.2. The summed E-state index contributed by atoms with van der Waals surface area (Å²) in [5, 5.41) is 14.1. The van der Waals surface area contributed by atoms with E-state index in [4.69, 9.17) is 34.8 Å². The number of anilines is 2. The molecule has 0 bridgehead atoms. The van der Waals surface area contributed by atoms with E-state index < -0.39 is 0 Å². The normalized spacial score (nSPS) is 16.0. The zero-order chi connectivity index (χ0) is 36.3. The third kappa shape index (κ3) is 9.73. The number of aryl methyl sites for hydroxylation is 1. The first-order chi connectivity index (χ1) is 24.8. The number of hydrogen-bond acceptors (Lipinski definition) is 5. The summed E-state index contributed by atoms with van der Waals surface area (Å²) < 4.78 is 3.37. The fourth-order valence-electron chi connectivity index (χ4n) is 7.26. The number of fused-ring (bicyclic) bond motifs is 2. The van der Waals surface area contributed by atoms with Crippen LogP contribution in [0.1, 0.15) is 129 Å². The van der Waals surface area contributed by atoms with Crippen molar-refractivity contribution < 1.29 is 14.5 Å². The van der Waals surface area contributed by atoms with E-state index in [0.717, 1.165) is 71.2 Å². The second-order valence-corrected chi connectivity index (χ2v) is 16.3. The summed E-state index contributed by atoms with van der Waals surface area (Å²) in [4.78, 5) is 18.2. The van der Waals surface area contributed by atoms with Crippen molar-refractivity contribution in [3.63, 3.8) is 0 Å². The number of benzene rings is 2. The van der Waals surface area contributed by atoms with E-state index in [1.807, 2.05) is 42.5 Å². The molecule has 2 heterocycles. The molecule has 1 aliphatic heterocycles. The minimum atomic E-state index is -0.149. The lowest BCUT2D eigenvalue weighted by atomic mass is 9.87. The van der Waals surface area contributed by atoms with Crippen LogP contribution >= 0.6 is 46.1 Å². The molecule has 9 heteroatoms. The number of rotatable bonds is 21. The summed E-state index contributed by atoms with van der Waals surface area (Å²) in [5.41, 5.74) is 3.69. The average Bonchev–Trinajstić information content (AvgIpc) is 3.61. The molecule has 1 aliphatic carbocycles. The molecule has 0 radical (unpaired) electrons. The number of aliphatic hydroxyl groups excluding tert-OH is 1. The zero-order valence-corrected chi connectivity index (χ0v) is 33.8. The highest BCUT2D eigenvalue weighted by atomic mass is 35.5. The number of ketones is 1. The van der Waals surface area contributed by atoms with E-state index in [1.165, 1.54) is 77.0 Å². The van der Waals surface area contributed by atoms with E-state index in [1.54, 1.807) is 11.3 Å². The molecular formula is C42H55Cl3N3O2S+. The topological polar surface area (TPSA) is 47.7 Å². The molecule has 0 saturated carbocycles. The Morgan fingerprint density at radius 3 is 1.88 bits per heavy atom. The van der Waals surface area contributed by atoms with Crippen LogP contribution in [-0.4, -0.2) is 24.0 Å². The van der Waals surface area contributed by atoms with Crippen molar-refractivity contribution in [3.8, 4) is 0 Å². The molecule has 1 aromatic heterocycles. The predicted molar refractivity (Wildman–Crippen MR) is 220 cm³/mol. The van der Waals surface area contributed by atoms with Gasteiger partial charge in [-0.25, -0.2) is 0 Å². The van der Waals surface area contributed by atoms with Gasteiger partial charge in [-0.2, -0.15) is 4.57 Å². The van der Waals surface area contributed by atoms with Crippen molar-refractivity contribution in [2.24, 2.45) is 0 Å². The highest BCUT2D eigenvalue weighted by Crippen LogP contribution is 2.47. The Kier molecular flexibility index (Phi) is 15.2. The SMILES string of the molecule is CCCCCCCCCCN1C(=CC2=C(O)C(=Cc3sc4ccc(Cl)cc4[n+]3CCCCCCCCCC)C2=O)N(CC)c2cc(Cl)c(Cl)cc21. The number of carbonyl (C=O) groups excluding carboxylic acids is 1. The highest BCUT2D eigenvalue weighted by Gasteiger charge is 2.38. The Bertz CT molecular complexity index is 1760. The van der Waals surface area contributed by atoms with E-state index in [2.05, 4.69) is 35.1 Å². The number of halogens is 3. The van der Waals surface area contributed by atoms with Crippen molar-refractivity contribution in [2.75, 3.05) is 22.9 Å². The van der Waals surface area contributed by atoms with Gasteiger partial charge in [0, 0.05) is 36.7 Å². The Balaban J connectivity index is 1.37. The van der Waals surface area contributed by atoms with Crippen LogP contribution in [0.3, 0.4) is 0 Å². The van der Waals surface area contributed by atoms with Crippen molar-refractivity contribution in [3.05, 3.63) is 79.2 Å². The van der Waals surface area contributed by atoms with Gasteiger partial charge < -0.3 is 14.9 Å². The second kappa shape index (κ2) is 19.5. The zero-order valence-electron chi connectivity index (χ0n) is 30.7. The maximum Gasteiger partial charge on any atom is 0.263 e. The van der Waals surface area contributed by atoms with Gasteiger partial charge in [0.05, 0.1) is 32.6 Å². The number of nitrogens with zero attached hydrogens (tertiary/aromatic N) is 3. The van der Waals surface area contributed by atoms with Crippen LogP contribution in [0, 0.1) is 0 Å². The predicted octanol–water partition coefficient (Wildman–Crippen LogP) is 13.4. The van der Waals surface area contributed by atoms with Crippen LogP contribution in [0.2, 0.25) is 15.1 Å². The molecule has 2 aromatic carbocycles. The largest absolute Gasteiger partial charge is 0.506 e. The number of Topliss-reactive ketones (excluding diaryl/α,β-unsaturated/α-hetero) is 1. The van der Waals surface area contributed by atoms with Crippen molar-refractivity contribution in [2.45, 2.75) is 130 Å². The maximum absolute atomic E-state index is 13.8. The molecule has 276 valence electrons. The Labute approximate surface area is 324 Å². The maximum atomic E-state index is 13.8. The van der Waals surface area contributed by atoms with Gasteiger partial charge in [0.1, 0.15) is 16.3 Å². The third-order valence-corrected chi connectivity index (χ3v) is 12.2. The van der Waals surface area contributed by atoms with Crippen LogP contribution in [0.5, 0.6) is 0 Å². The number of allylic oxidation sites excluding steroid dienone is 3. The molecule has 3 aromatic rings. The lowest BCUT2D eigenvalue weighted by molar-refractivity contribution is -0.669. The fraction of sp³-hybridized carbons (Fsp3) is 0.524. The minimum Gasteiger partial charge on any atom is -0.506 e. The van der Waals surface area contributed by atoms with Crippen molar-refractivity contribution in [1.29, 1.82) is 0 Å².